The smallest absolute Gasteiger partial charge is 0.257 e. The number of hydrogen-bond donors (Lipinski definition) is 2. The van der Waals surface area contributed by atoms with Gasteiger partial charge in [-0.3, -0.25) is 14.4 Å². The highest BCUT2D eigenvalue weighted by atomic mass is 16.5. The Balaban J connectivity index is 1.64. The Morgan fingerprint density at radius 2 is 1.46 bits per heavy atom. The number of aromatic nitrogens is 1. The summed E-state index contributed by atoms with van der Waals surface area (Å²) in [7, 11) is 1.63. The lowest BCUT2D eigenvalue weighted by Gasteiger charge is -2.17. The number of hydrogen-bond acceptors (Lipinski definition) is 4. The van der Waals surface area contributed by atoms with E-state index in [4.69, 9.17) is 4.74 Å². The normalized spacial score (nSPS) is 11.8. The molecule has 0 unspecified atom stereocenters. The molecule has 0 aliphatic heterocycles. The first kappa shape index (κ1) is 25.7. The van der Waals surface area contributed by atoms with Gasteiger partial charge in [0.2, 0.25) is 5.43 Å². The summed E-state index contributed by atoms with van der Waals surface area (Å²) in [5.74, 6) is -0.266. The maximum absolute atomic E-state index is 13.3. The van der Waals surface area contributed by atoms with Gasteiger partial charge in [0.25, 0.3) is 11.8 Å². The molecule has 3 aromatic carbocycles. The molecule has 0 aliphatic carbocycles. The molecule has 1 aromatic heterocycles. The predicted molar refractivity (Wildman–Crippen MR) is 145 cm³/mol. The number of benzene rings is 3. The number of pyridine rings is 1. The molecule has 0 saturated carbocycles. The molecular formula is C30H31N3O4. The molecule has 0 aliphatic rings. The van der Waals surface area contributed by atoms with Crippen LogP contribution in [0.4, 0.5) is 0 Å². The predicted octanol–water partition coefficient (Wildman–Crippen LogP) is 4.69. The number of rotatable bonds is 8. The summed E-state index contributed by atoms with van der Waals surface area (Å²) in [5, 5.41) is 7.72. The average Bonchev–Trinajstić information content (AvgIpc) is 2.88. The van der Waals surface area contributed by atoms with Crippen molar-refractivity contribution < 1.29 is 14.3 Å². The van der Waals surface area contributed by atoms with Crippen molar-refractivity contribution in [1.29, 1.82) is 0 Å². The molecule has 4 rings (SSSR count). The van der Waals surface area contributed by atoms with Gasteiger partial charge in [-0.1, -0.05) is 48.5 Å². The number of carbonyl (C=O) groups is 2. The largest absolute Gasteiger partial charge is 0.497 e. The molecule has 0 saturated heterocycles. The van der Waals surface area contributed by atoms with Gasteiger partial charge in [0.15, 0.2) is 0 Å². The molecule has 4 aromatic rings. The molecule has 1 heterocycles. The first-order valence-electron chi connectivity index (χ1n) is 12.2. The summed E-state index contributed by atoms with van der Waals surface area (Å²) >= 11 is 0. The SMILES string of the molecule is COc1ccc2cc([C@H](C)NC(=O)c3cn(Cc4ccccc4)cc(C(=O)NC(C)C)c3=O)ccc2c1. The van der Waals surface area contributed by atoms with Crippen molar-refractivity contribution in [1.82, 2.24) is 15.2 Å². The number of amides is 2. The van der Waals surface area contributed by atoms with Crippen LogP contribution in [0.3, 0.4) is 0 Å². The van der Waals surface area contributed by atoms with E-state index in [0.29, 0.717) is 6.54 Å². The summed E-state index contributed by atoms with van der Waals surface area (Å²) in [6, 6.07) is 20.8. The van der Waals surface area contributed by atoms with Gasteiger partial charge in [-0.25, -0.2) is 0 Å². The number of nitrogens with zero attached hydrogens (tertiary/aromatic N) is 1. The summed E-state index contributed by atoms with van der Waals surface area (Å²) in [6.07, 6.45) is 3.01. The topological polar surface area (TPSA) is 89.4 Å². The van der Waals surface area contributed by atoms with Crippen LogP contribution in [-0.2, 0) is 6.54 Å². The van der Waals surface area contributed by atoms with Crippen molar-refractivity contribution in [2.24, 2.45) is 0 Å². The minimum absolute atomic E-state index is 0.0652. The fourth-order valence-electron chi connectivity index (χ4n) is 4.18. The molecule has 7 nitrogen and oxygen atoms in total. The van der Waals surface area contributed by atoms with E-state index in [0.717, 1.165) is 27.6 Å². The standard InChI is InChI=1S/C30H31N3O4/c1-19(2)31-29(35)26-17-33(16-21-8-6-5-7-9-21)18-27(28(26)34)30(36)32-20(3)22-10-11-24-15-25(37-4)13-12-23(24)14-22/h5-15,17-20H,16H2,1-4H3,(H,31,35)(H,32,36)/t20-/m0/s1. The highest BCUT2D eigenvalue weighted by molar-refractivity contribution is 5.99. The number of carbonyl (C=O) groups excluding carboxylic acids is 2. The Morgan fingerprint density at radius 1 is 0.838 bits per heavy atom. The Labute approximate surface area is 216 Å². The third-order valence-electron chi connectivity index (χ3n) is 6.12. The molecule has 0 spiro atoms. The molecule has 2 amide bonds. The van der Waals surface area contributed by atoms with Crippen LogP contribution in [0.25, 0.3) is 10.8 Å². The summed E-state index contributed by atoms with van der Waals surface area (Å²) in [6.45, 7) is 5.91. The van der Waals surface area contributed by atoms with Crippen LogP contribution in [0, 0.1) is 0 Å². The van der Waals surface area contributed by atoms with Gasteiger partial charge in [-0.15, -0.1) is 0 Å². The van der Waals surface area contributed by atoms with Gasteiger partial charge in [0, 0.05) is 25.0 Å². The fourth-order valence-corrected chi connectivity index (χ4v) is 4.18. The van der Waals surface area contributed by atoms with Gasteiger partial charge in [-0.2, -0.15) is 0 Å². The Kier molecular flexibility index (Phi) is 7.72. The zero-order valence-corrected chi connectivity index (χ0v) is 21.4. The van der Waals surface area contributed by atoms with E-state index in [1.54, 1.807) is 11.7 Å². The molecule has 0 bridgehead atoms. The van der Waals surface area contributed by atoms with Crippen LogP contribution in [0.15, 0.2) is 83.9 Å². The summed E-state index contributed by atoms with van der Waals surface area (Å²) in [4.78, 5) is 39.4. The lowest BCUT2D eigenvalue weighted by Crippen LogP contribution is -2.38. The first-order chi connectivity index (χ1) is 17.7. The minimum atomic E-state index is -0.599. The van der Waals surface area contributed by atoms with Crippen molar-refractivity contribution in [3.63, 3.8) is 0 Å². The molecule has 0 radical (unpaired) electrons. The Bertz CT molecular complexity index is 1490. The highest BCUT2D eigenvalue weighted by Gasteiger charge is 2.21. The summed E-state index contributed by atoms with van der Waals surface area (Å²) < 4.78 is 6.99. The number of methoxy groups -OCH3 is 1. The van der Waals surface area contributed by atoms with Crippen molar-refractivity contribution in [2.45, 2.75) is 39.4 Å². The van der Waals surface area contributed by atoms with E-state index in [1.807, 2.05) is 87.5 Å². The van der Waals surface area contributed by atoms with Crippen molar-refractivity contribution in [3.8, 4) is 5.75 Å². The Morgan fingerprint density at radius 3 is 2.11 bits per heavy atom. The van der Waals surface area contributed by atoms with Crippen molar-refractivity contribution >= 4 is 22.6 Å². The third-order valence-corrected chi connectivity index (χ3v) is 6.12. The van der Waals surface area contributed by atoms with E-state index in [9.17, 15) is 14.4 Å². The molecular weight excluding hydrogens is 466 g/mol. The number of fused-ring (bicyclic) bond motifs is 1. The van der Waals surface area contributed by atoms with Crippen LogP contribution in [0.1, 0.15) is 58.7 Å². The zero-order valence-electron chi connectivity index (χ0n) is 21.4. The van der Waals surface area contributed by atoms with E-state index >= 15 is 0 Å². The van der Waals surface area contributed by atoms with Gasteiger partial charge in [0.1, 0.15) is 16.9 Å². The maximum Gasteiger partial charge on any atom is 0.257 e. The van der Waals surface area contributed by atoms with Crippen LogP contribution in [0.5, 0.6) is 5.75 Å². The lowest BCUT2D eigenvalue weighted by atomic mass is 10.0. The second kappa shape index (κ2) is 11.1. The number of nitrogens with one attached hydrogen (secondary N) is 2. The van der Waals surface area contributed by atoms with E-state index in [-0.39, 0.29) is 23.2 Å². The molecule has 7 heteroatoms. The van der Waals surface area contributed by atoms with E-state index < -0.39 is 17.2 Å². The minimum Gasteiger partial charge on any atom is -0.497 e. The maximum atomic E-state index is 13.3. The van der Waals surface area contributed by atoms with Crippen LogP contribution in [0.2, 0.25) is 0 Å². The molecule has 190 valence electrons. The number of ether oxygens (including phenoxy) is 1. The first-order valence-corrected chi connectivity index (χ1v) is 12.2. The quantitative estimate of drug-likeness (QED) is 0.370. The van der Waals surface area contributed by atoms with Gasteiger partial charge in [-0.05, 0) is 60.9 Å². The lowest BCUT2D eigenvalue weighted by molar-refractivity contribution is 0.0937. The average molecular weight is 498 g/mol. The molecule has 0 fully saturated rings. The summed E-state index contributed by atoms with van der Waals surface area (Å²) in [5.41, 5.74) is 1.13. The van der Waals surface area contributed by atoms with Crippen LogP contribution < -0.4 is 20.8 Å². The third kappa shape index (κ3) is 6.06. The second-order valence-corrected chi connectivity index (χ2v) is 9.37. The molecule has 2 N–H and O–H groups in total. The van der Waals surface area contributed by atoms with Gasteiger partial charge < -0.3 is 19.9 Å². The van der Waals surface area contributed by atoms with Crippen molar-refractivity contribution in [2.75, 3.05) is 7.11 Å². The van der Waals surface area contributed by atoms with Gasteiger partial charge >= 0.3 is 0 Å². The Hall–Kier alpha value is -4.39. The zero-order chi connectivity index (χ0) is 26.5. The van der Waals surface area contributed by atoms with Gasteiger partial charge in [0.05, 0.1) is 13.2 Å². The molecule has 37 heavy (non-hydrogen) atoms. The molecule has 1 atom stereocenters. The monoisotopic (exact) mass is 497 g/mol. The highest BCUT2D eigenvalue weighted by Crippen LogP contribution is 2.24. The van der Waals surface area contributed by atoms with Crippen molar-refractivity contribution in [3.05, 3.63) is 112 Å². The fraction of sp³-hybridized carbons (Fsp3) is 0.233. The van der Waals surface area contributed by atoms with Crippen LogP contribution >= 0.6 is 0 Å². The second-order valence-electron chi connectivity index (χ2n) is 9.37. The van der Waals surface area contributed by atoms with Crippen LogP contribution in [-0.4, -0.2) is 29.5 Å². The van der Waals surface area contributed by atoms with E-state index in [1.165, 1.54) is 12.4 Å². The van der Waals surface area contributed by atoms with E-state index in [2.05, 4.69) is 10.6 Å².